The predicted molar refractivity (Wildman–Crippen MR) is 123 cm³/mol. The van der Waals surface area contributed by atoms with E-state index in [1.54, 1.807) is 29.2 Å². The van der Waals surface area contributed by atoms with Gasteiger partial charge in [-0.15, -0.1) is 0 Å². The molecule has 2 aromatic rings. The molecule has 170 valence electrons. The van der Waals surface area contributed by atoms with Crippen molar-refractivity contribution in [2.45, 2.75) is 37.0 Å². The summed E-state index contributed by atoms with van der Waals surface area (Å²) < 4.78 is 26.8. The van der Waals surface area contributed by atoms with Gasteiger partial charge in [-0.2, -0.15) is 4.31 Å². The normalized spacial score (nSPS) is 19.6. The van der Waals surface area contributed by atoms with Crippen molar-refractivity contribution in [3.05, 3.63) is 60.2 Å². The van der Waals surface area contributed by atoms with Crippen molar-refractivity contribution >= 4 is 27.5 Å². The van der Waals surface area contributed by atoms with Gasteiger partial charge in [-0.3, -0.25) is 9.59 Å². The summed E-state index contributed by atoms with van der Waals surface area (Å²) in [7, 11) is -3.47. The second-order valence-corrected chi connectivity index (χ2v) is 10.4. The van der Waals surface area contributed by atoms with E-state index in [0.29, 0.717) is 38.3 Å². The quantitative estimate of drug-likeness (QED) is 0.726. The number of likely N-dealkylation sites (tertiary alicyclic amines) is 1. The number of amides is 2. The highest BCUT2D eigenvalue weighted by molar-refractivity contribution is 7.89. The van der Waals surface area contributed by atoms with Crippen LogP contribution < -0.4 is 5.32 Å². The molecule has 1 atom stereocenters. The number of sulfonamides is 1. The zero-order valence-electron chi connectivity index (χ0n) is 18.1. The fourth-order valence-electron chi connectivity index (χ4n) is 4.33. The molecule has 0 radical (unpaired) electrons. The van der Waals surface area contributed by atoms with Gasteiger partial charge in [0.1, 0.15) is 0 Å². The molecular formula is C24H29N3O4S. The first-order chi connectivity index (χ1) is 15.4. The maximum atomic E-state index is 12.8. The van der Waals surface area contributed by atoms with Crippen LogP contribution in [0.2, 0.25) is 0 Å². The summed E-state index contributed by atoms with van der Waals surface area (Å²) in [5.41, 5.74) is 1.52. The standard InChI is InChI=1S/C24H29N3O4S/c28-23(17-19-7-2-1-3-8-19)26-14-6-9-20(18-26)24(29)25-21-10-12-22(13-11-21)32(30,31)27-15-4-5-16-27/h1-3,7-8,10-13,20H,4-6,9,14-18H2,(H,25,29). The first-order valence-electron chi connectivity index (χ1n) is 11.2. The first-order valence-corrected chi connectivity index (χ1v) is 12.6. The SMILES string of the molecule is O=C(Nc1ccc(S(=O)(=O)N2CCCC2)cc1)C1CCCN(C(=O)Cc2ccccc2)C1. The number of hydrogen-bond donors (Lipinski definition) is 1. The van der Waals surface area contributed by atoms with Crippen LogP contribution in [0.1, 0.15) is 31.2 Å². The second kappa shape index (κ2) is 9.83. The molecule has 1 N–H and O–H groups in total. The average molecular weight is 456 g/mol. The third kappa shape index (κ3) is 5.19. The van der Waals surface area contributed by atoms with Crippen molar-refractivity contribution in [3.8, 4) is 0 Å². The lowest BCUT2D eigenvalue weighted by Crippen LogP contribution is -2.44. The number of hydrogen-bond acceptors (Lipinski definition) is 4. The lowest BCUT2D eigenvalue weighted by atomic mass is 9.96. The maximum Gasteiger partial charge on any atom is 0.243 e. The van der Waals surface area contributed by atoms with Crippen LogP contribution in [-0.4, -0.2) is 55.6 Å². The molecule has 2 aliphatic rings. The van der Waals surface area contributed by atoms with Crippen molar-refractivity contribution < 1.29 is 18.0 Å². The number of benzene rings is 2. The molecule has 0 saturated carbocycles. The zero-order valence-corrected chi connectivity index (χ0v) is 18.9. The van der Waals surface area contributed by atoms with Crippen molar-refractivity contribution in [1.29, 1.82) is 0 Å². The number of rotatable bonds is 6. The van der Waals surface area contributed by atoms with Crippen LogP contribution in [0, 0.1) is 5.92 Å². The topological polar surface area (TPSA) is 86.8 Å². The van der Waals surface area contributed by atoms with Crippen molar-refractivity contribution in [2.24, 2.45) is 5.92 Å². The van der Waals surface area contributed by atoms with Gasteiger partial charge in [0.05, 0.1) is 17.2 Å². The highest BCUT2D eigenvalue weighted by Crippen LogP contribution is 2.24. The molecule has 8 heteroatoms. The number of anilines is 1. The Kier molecular flexibility index (Phi) is 6.91. The summed E-state index contributed by atoms with van der Waals surface area (Å²) in [5, 5.41) is 2.88. The van der Waals surface area contributed by atoms with Crippen LogP contribution >= 0.6 is 0 Å². The Balaban J connectivity index is 1.34. The molecule has 2 aliphatic heterocycles. The van der Waals surface area contributed by atoms with Gasteiger partial charge in [0.2, 0.25) is 21.8 Å². The Morgan fingerprint density at radius 3 is 2.28 bits per heavy atom. The van der Waals surface area contributed by atoms with E-state index in [4.69, 9.17) is 0 Å². The molecule has 2 fully saturated rings. The van der Waals surface area contributed by atoms with Gasteiger partial charge in [-0.05, 0) is 55.5 Å². The lowest BCUT2D eigenvalue weighted by Gasteiger charge is -2.32. The number of carbonyl (C=O) groups excluding carboxylic acids is 2. The number of carbonyl (C=O) groups is 2. The Labute approximate surface area is 189 Å². The monoisotopic (exact) mass is 455 g/mol. The Morgan fingerprint density at radius 1 is 0.906 bits per heavy atom. The van der Waals surface area contributed by atoms with Crippen LogP contribution in [0.15, 0.2) is 59.5 Å². The highest BCUT2D eigenvalue weighted by Gasteiger charge is 2.29. The minimum atomic E-state index is -3.47. The molecule has 0 aliphatic carbocycles. The number of nitrogens with zero attached hydrogens (tertiary/aromatic N) is 2. The van der Waals surface area contributed by atoms with E-state index in [1.165, 1.54) is 4.31 Å². The lowest BCUT2D eigenvalue weighted by molar-refractivity contribution is -0.133. The minimum Gasteiger partial charge on any atom is -0.342 e. The van der Waals surface area contributed by atoms with E-state index in [9.17, 15) is 18.0 Å². The molecule has 32 heavy (non-hydrogen) atoms. The third-order valence-electron chi connectivity index (χ3n) is 6.17. The van der Waals surface area contributed by atoms with Crippen molar-refractivity contribution in [1.82, 2.24) is 9.21 Å². The molecule has 0 bridgehead atoms. The first kappa shape index (κ1) is 22.5. The predicted octanol–water partition coefficient (Wildman–Crippen LogP) is 2.89. The summed E-state index contributed by atoms with van der Waals surface area (Å²) in [5.74, 6) is -0.390. The molecule has 2 saturated heterocycles. The fraction of sp³-hybridized carbons (Fsp3) is 0.417. The van der Waals surface area contributed by atoms with Gasteiger partial charge in [0.25, 0.3) is 0 Å². The van der Waals surface area contributed by atoms with Crippen molar-refractivity contribution in [2.75, 3.05) is 31.5 Å². The van der Waals surface area contributed by atoms with Gasteiger partial charge in [-0.25, -0.2) is 8.42 Å². The molecule has 0 spiro atoms. The highest BCUT2D eigenvalue weighted by atomic mass is 32.2. The largest absolute Gasteiger partial charge is 0.342 e. The summed E-state index contributed by atoms with van der Waals surface area (Å²) in [6.07, 6.45) is 3.62. The molecule has 2 aromatic carbocycles. The van der Waals surface area contributed by atoms with E-state index in [2.05, 4.69) is 5.32 Å². The molecule has 0 aromatic heterocycles. The van der Waals surface area contributed by atoms with E-state index >= 15 is 0 Å². The van der Waals surface area contributed by atoms with Crippen LogP contribution in [0.5, 0.6) is 0 Å². The van der Waals surface area contributed by atoms with Crippen LogP contribution in [0.4, 0.5) is 5.69 Å². The summed E-state index contributed by atoms with van der Waals surface area (Å²) in [6, 6.07) is 15.9. The van der Waals surface area contributed by atoms with Gasteiger partial charge in [0, 0.05) is 31.9 Å². The van der Waals surface area contributed by atoms with E-state index < -0.39 is 10.0 Å². The van der Waals surface area contributed by atoms with Gasteiger partial charge in [-0.1, -0.05) is 30.3 Å². The molecule has 2 heterocycles. The van der Waals surface area contributed by atoms with Gasteiger partial charge >= 0.3 is 0 Å². The van der Waals surface area contributed by atoms with Gasteiger partial charge < -0.3 is 10.2 Å². The molecule has 4 rings (SSSR count). The van der Waals surface area contributed by atoms with E-state index in [-0.39, 0.29) is 22.6 Å². The smallest absolute Gasteiger partial charge is 0.243 e. The van der Waals surface area contributed by atoms with Crippen LogP contribution in [0.25, 0.3) is 0 Å². The Bertz CT molecular complexity index is 1050. The Hall–Kier alpha value is -2.71. The second-order valence-electron chi connectivity index (χ2n) is 8.47. The van der Waals surface area contributed by atoms with E-state index in [1.807, 2.05) is 30.3 Å². The third-order valence-corrected chi connectivity index (χ3v) is 8.08. The molecule has 2 amide bonds. The van der Waals surface area contributed by atoms with Gasteiger partial charge in [0.15, 0.2) is 0 Å². The summed E-state index contributed by atoms with van der Waals surface area (Å²) in [4.78, 5) is 27.5. The summed E-state index contributed by atoms with van der Waals surface area (Å²) >= 11 is 0. The minimum absolute atomic E-state index is 0.0326. The van der Waals surface area contributed by atoms with E-state index in [0.717, 1.165) is 31.2 Å². The molecule has 1 unspecified atom stereocenters. The summed E-state index contributed by atoms with van der Waals surface area (Å²) in [6.45, 7) is 2.18. The maximum absolute atomic E-state index is 12.8. The number of nitrogens with one attached hydrogen (secondary N) is 1. The Morgan fingerprint density at radius 2 is 1.59 bits per heavy atom. The van der Waals surface area contributed by atoms with Crippen LogP contribution in [0.3, 0.4) is 0 Å². The van der Waals surface area contributed by atoms with Crippen LogP contribution in [-0.2, 0) is 26.0 Å². The average Bonchev–Trinajstić information content (AvgIpc) is 3.36. The fourth-order valence-corrected chi connectivity index (χ4v) is 5.85. The molecular weight excluding hydrogens is 426 g/mol. The zero-order chi connectivity index (χ0) is 22.6. The van der Waals surface area contributed by atoms with Crippen molar-refractivity contribution in [3.63, 3.8) is 0 Å². The number of piperidine rings is 1. The molecule has 7 nitrogen and oxygen atoms in total.